The Hall–Kier alpha value is -2.04. The predicted octanol–water partition coefficient (Wildman–Crippen LogP) is 5.84. The van der Waals surface area contributed by atoms with Crippen LogP contribution >= 0.6 is 47.8 Å². The fourth-order valence-corrected chi connectivity index (χ4v) is 4.28. The molecule has 0 aliphatic carbocycles. The third-order valence-corrected chi connectivity index (χ3v) is 7.20. The standard InChI is InChI=1S/C22H20Br3N3O4/c1-4-5-6-18-27-16-8-7-14(23)10-15(16)22(30)28(18)26-11-13-9-17(31-3)21(32-12(2)29)20(25)19(13)24/h7-11H,4-6H2,1-3H3. The van der Waals surface area contributed by atoms with Crippen molar-refractivity contribution in [3.8, 4) is 11.5 Å². The number of aromatic nitrogens is 2. The van der Waals surface area contributed by atoms with E-state index in [0.717, 1.165) is 17.3 Å². The smallest absolute Gasteiger partial charge is 0.308 e. The van der Waals surface area contributed by atoms with Gasteiger partial charge in [0.1, 0.15) is 5.82 Å². The molecule has 7 nitrogen and oxygen atoms in total. The van der Waals surface area contributed by atoms with Crippen molar-refractivity contribution in [2.45, 2.75) is 33.1 Å². The van der Waals surface area contributed by atoms with Crippen LogP contribution in [-0.2, 0) is 11.2 Å². The average molecular weight is 630 g/mol. The number of nitrogens with zero attached hydrogens (tertiary/aromatic N) is 3. The van der Waals surface area contributed by atoms with E-state index in [2.05, 4.69) is 64.8 Å². The number of hydrogen-bond donors (Lipinski definition) is 0. The molecule has 10 heteroatoms. The largest absolute Gasteiger partial charge is 0.493 e. The highest BCUT2D eigenvalue weighted by Crippen LogP contribution is 2.42. The van der Waals surface area contributed by atoms with Crippen molar-refractivity contribution in [3.63, 3.8) is 0 Å². The Morgan fingerprint density at radius 1 is 1.22 bits per heavy atom. The number of fused-ring (bicyclic) bond motifs is 1. The van der Waals surface area contributed by atoms with Gasteiger partial charge in [-0.1, -0.05) is 29.3 Å². The first-order valence-corrected chi connectivity index (χ1v) is 12.1. The molecule has 0 aliphatic heterocycles. The number of unbranched alkanes of at least 4 members (excludes halogenated alkanes) is 1. The Balaban J connectivity index is 2.15. The Morgan fingerprint density at radius 3 is 2.62 bits per heavy atom. The summed E-state index contributed by atoms with van der Waals surface area (Å²) >= 11 is 10.3. The topological polar surface area (TPSA) is 82.8 Å². The van der Waals surface area contributed by atoms with E-state index in [1.165, 1.54) is 24.9 Å². The minimum atomic E-state index is -0.474. The number of esters is 1. The number of carbonyl (C=O) groups is 1. The van der Waals surface area contributed by atoms with Gasteiger partial charge >= 0.3 is 5.97 Å². The summed E-state index contributed by atoms with van der Waals surface area (Å²) < 4.78 is 13.8. The van der Waals surface area contributed by atoms with Gasteiger partial charge in [-0.3, -0.25) is 9.59 Å². The van der Waals surface area contributed by atoms with Gasteiger partial charge in [0, 0.05) is 27.9 Å². The van der Waals surface area contributed by atoms with Crippen molar-refractivity contribution in [1.29, 1.82) is 0 Å². The molecule has 1 heterocycles. The van der Waals surface area contributed by atoms with E-state index in [4.69, 9.17) is 9.47 Å². The summed E-state index contributed by atoms with van der Waals surface area (Å²) in [7, 11) is 1.47. The molecular formula is C22H20Br3N3O4. The zero-order valence-corrected chi connectivity index (χ0v) is 22.4. The van der Waals surface area contributed by atoms with Crippen LogP contribution in [0.2, 0.25) is 0 Å². The zero-order valence-electron chi connectivity index (χ0n) is 17.6. The van der Waals surface area contributed by atoms with Gasteiger partial charge in [-0.25, -0.2) is 4.98 Å². The van der Waals surface area contributed by atoms with Crippen LogP contribution < -0.4 is 15.0 Å². The molecular weight excluding hydrogens is 610 g/mol. The first-order chi connectivity index (χ1) is 15.3. The molecule has 3 rings (SSSR count). The van der Waals surface area contributed by atoms with E-state index in [1.807, 2.05) is 12.1 Å². The molecule has 0 saturated carbocycles. The predicted molar refractivity (Wildman–Crippen MR) is 135 cm³/mol. The van der Waals surface area contributed by atoms with Crippen LogP contribution in [0.5, 0.6) is 11.5 Å². The van der Waals surface area contributed by atoms with Gasteiger partial charge in [-0.2, -0.15) is 9.78 Å². The van der Waals surface area contributed by atoms with Crippen molar-refractivity contribution >= 4 is 70.9 Å². The Kier molecular flexibility index (Phi) is 8.24. The number of halogens is 3. The van der Waals surface area contributed by atoms with Crippen molar-refractivity contribution in [1.82, 2.24) is 9.66 Å². The van der Waals surface area contributed by atoms with Crippen LogP contribution in [0, 0.1) is 0 Å². The van der Waals surface area contributed by atoms with E-state index in [-0.39, 0.29) is 11.3 Å². The first-order valence-electron chi connectivity index (χ1n) is 9.76. The van der Waals surface area contributed by atoms with Crippen molar-refractivity contribution in [3.05, 3.63) is 59.4 Å². The summed E-state index contributed by atoms with van der Waals surface area (Å²) in [6.07, 6.45) is 4.00. The Bertz CT molecular complexity index is 1270. The third kappa shape index (κ3) is 5.29. The number of rotatable bonds is 7. The molecule has 2 aromatic carbocycles. The van der Waals surface area contributed by atoms with Gasteiger partial charge in [0.05, 0.1) is 28.7 Å². The van der Waals surface area contributed by atoms with Crippen molar-refractivity contribution < 1.29 is 14.3 Å². The summed E-state index contributed by atoms with van der Waals surface area (Å²) in [5, 5.41) is 4.94. The Morgan fingerprint density at radius 2 is 1.97 bits per heavy atom. The number of methoxy groups -OCH3 is 1. The maximum atomic E-state index is 13.2. The SMILES string of the molecule is CCCCc1nc2ccc(Br)cc2c(=O)n1N=Cc1cc(OC)c(OC(C)=O)c(Br)c1Br. The number of hydrogen-bond acceptors (Lipinski definition) is 6. The lowest BCUT2D eigenvalue weighted by molar-refractivity contribution is -0.132. The van der Waals surface area contributed by atoms with Crippen LogP contribution in [0.3, 0.4) is 0 Å². The van der Waals surface area contributed by atoms with Gasteiger partial charge < -0.3 is 9.47 Å². The zero-order chi connectivity index (χ0) is 23.4. The molecule has 0 saturated heterocycles. The van der Waals surface area contributed by atoms with E-state index in [0.29, 0.717) is 43.4 Å². The summed E-state index contributed by atoms with van der Waals surface area (Å²) in [5.41, 5.74) is 0.997. The monoisotopic (exact) mass is 627 g/mol. The lowest BCUT2D eigenvalue weighted by Gasteiger charge is -2.13. The van der Waals surface area contributed by atoms with Gasteiger partial charge in [0.2, 0.25) is 0 Å². The number of aryl methyl sites for hydroxylation is 1. The second-order valence-electron chi connectivity index (χ2n) is 6.87. The Labute approximate surface area is 210 Å². The number of ether oxygens (including phenoxy) is 2. The van der Waals surface area contributed by atoms with Crippen LogP contribution in [-0.4, -0.2) is 29.0 Å². The molecule has 168 valence electrons. The van der Waals surface area contributed by atoms with Crippen LogP contribution in [0.4, 0.5) is 0 Å². The van der Waals surface area contributed by atoms with Crippen LogP contribution in [0.15, 0.2) is 47.6 Å². The lowest BCUT2D eigenvalue weighted by atomic mass is 10.2. The van der Waals surface area contributed by atoms with Crippen molar-refractivity contribution in [2.24, 2.45) is 5.10 Å². The molecule has 1 aromatic heterocycles. The van der Waals surface area contributed by atoms with Gasteiger partial charge in [0.15, 0.2) is 11.5 Å². The maximum absolute atomic E-state index is 13.2. The van der Waals surface area contributed by atoms with Crippen molar-refractivity contribution in [2.75, 3.05) is 7.11 Å². The lowest BCUT2D eigenvalue weighted by Crippen LogP contribution is -2.22. The highest BCUT2D eigenvalue weighted by atomic mass is 79.9. The minimum absolute atomic E-state index is 0.252. The maximum Gasteiger partial charge on any atom is 0.308 e. The average Bonchev–Trinajstić information content (AvgIpc) is 2.76. The van der Waals surface area contributed by atoms with E-state index >= 15 is 0 Å². The molecule has 0 radical (unpaired) electrons. The molecule has 0 N–H and O–H groups in total. The molecule has 0 amide bonds. The number of carbonyl (C=O) groups excluding carboxylic acids is 1. The fraction of sp³-hybridized carbons (Fsp3) is 0.273. The molecule has 0 atom stereocenters. The highest BCUT2D eigenvalue weighted by Gasteiger charge is 2.18. The van der Waals surface area contributed by atoms with Gasteiger partial charge in [0.25, 0.3) is 5.56 Å². The van der Waals surface area contributed by atoms with Gasteiger partial charge in [-0.05, 0) is 62.5 Å². The summed E-state index contributed by atoms with van der Waals surface area (Å²) in [6, 6.07) is 7.08. The summed E-state index contributed by atoms with van der Waals surface area (Å²) in [5.74, 6) is 0.706. The summed E-state index contributed by atoms with van der Waals surface area (Å²) in [6.45, 7) is 3.39. The number of benzene rings is 2. The molecule has 0 bridgehead atoms. The molecule has 3 aromatic rings. The van der Waals surface area contributed by atoms with Crippen LogP contribution in [0.1, 0.15) is 38.1 Å². The second kappa shape index (κ2) is 10.7. The molecule has 0 aliphatic rings. The third-order valence-electron chi connectivity index (χ3n) is 4.56. The van der Waals surface area contributed by atoms with Gasteiger partial charge in [-0.15, -0.1) is 0 Å². The molecule has 32 heavy (non-hydrogen) atoms. The minimum Gasteiger partial charge on any atom is -0.493 e. The second-order valence-corrected chi connectivity index (χ2v) is 9.38. The summed E-state index contributed by atoms with van der Waals surface area (Å²) in [4.78, 5) is 29.3. The van der Waals surface area contributed by atoms with Crippen LogP contribution in [0.25, 0.3) is 10.9 Å². The van der Waals surface area contributed by atoms with E-state index < -0.39 is 5.97 Å². The normalized spacial score (nSPS) is 11.3. The first kappa shape index (κ1) is 24.6. The molecule has 0 fully saturated rings. The quantitative estimate of drug-likeness (QED) is 0.186. The molecule has 0 spiro atoms. The fourth-order valence-electron chi connectivity index (χ4n) is 3.02. The molecule has 0 unspecified atom stereocenters. The highest BCUT2D eigenvalue weighted by molar-refractivity contribution is 9.13. The van der Waals surface area contributed by atoms with E-state index in [1.54, 1.807) is 12.1 Å². The van der Waals surface area contributed by atoms with E-state index in [9.17, 15) is 9.59 Å².